The topological polar surface area (TPSA) is 116 Å². The van der Waals surface area contributed by atoms with Crippen LogP contribution in [0.3, 0.4) is 0 Å². The van der Waals surface area contributed by atoms with E-state index >= 15 is 0 Å². The molecule has 0 bridgehead atoms. The van der Waals surface area contributed by atoms with E-state index in [1.54, 1.807) is 7.11 Å². The van der Waals surface area contributed by atoms with Crippen molar-refractivity contribution in [3.05, 3.63) is 24.5 Å². The van der Waals surface area contributed by atoms with Gasteiger partial charge in [0, 0.05) is 11.8 Å². The van der Waals surface area contributed by atoms with Crippen LogP contribution in [0.1, 0.15) is 12.6 Å². The number of fused-ring (bicyclic) bond motifs is 3. The van der Waals surface area contributed by atoms with Crippen LogP contribution < -0.4 is 10.5 Å². The lowest BCUT2D eigenvalue weighted by atomic mass is 10.2. The van der Waals surface area contributed by atoms with Crippen LogP contribution in [0.15, 0.2) is 24.5 Å². The SMILES string of the molecule is COc1ccc2c(c1)c1c(N)ncnc1n2[C@H]1C[C@H](O)[C@@H](CO)O1. The van der Waals surface area contributed by atoms with Crippen molar-refractivity contribution in [1.29, 1.82) is 0 Å². The van der Waals surface area contributed by atoms with Crippen LogP contribution in [0.25, 0.3) is 21.9 Å². The van der Waals surface area contributed by atoms with E-state index in [-0.39, 0.29) is 6.61 Å². The Hall–Kier alpha value is -2.42. The second-order valence-electron chi connectivity index (χ2n) is 5.83. The number of aromatic nitrogens is 3. The summed E-state index contributed by atoms with van der Waals surface area (Å²) < 4.78 is 13.0. The fraction of sp³-hybridized carbons (Fsp3) is 0.375. The molecule has 4 N–H and O–H groups in total. The lowest BCUT2D eigenvalue weighted by Gasteiger charge is -2.16. The van der Waals surface area contributed by atoms with Crippen LogP contribution in [0.5, 0.6) is 5.75 Å². The monoisotopic (exact) mass is 330 g/mol. The van der Waals surface area contributed by atoms with Crippen LogP contribution in [0.4, 0.5) is 5.82 Å². The van der Waals surface area contributed by atoms with Crippen molar-refractivity contribution in [1.82, 2.24) is 14.5 Å². The molecular weight excluding hydrogens is 312 g/mol. The van der Waals surface area contributed by atoms with Gasteiger partial charge < -0.3 is 25.4 Å². The summed E-state index contributed by atoms with van der Waals surface area (Å²) in [4.78, 5) is 8.44. The number of ether oxygens (including phenoxy) is 2. The van der Waals surface area contributed by atoms with E-state index in [2.05, 4.69) is 9.97 Å². The normalized spacial score (nSPS) is 24.0. The maximum Gasteiger partial charge on any atom is 0.148 e. The number of methoxy groups -OCH3 is 1. The van der Waals surface area contributed by atoms with Crippen molar-refractivity contribution >= 4 is 27.8 Å². The second-order valence-corrected chi connectivity index (χ2v) is 5.83. The molecule has 1 saturated heterocycles. The Morgan fingerprint density at radius 3 is 2.96 bits per heavy atom. The summed E-state index contributed by atoms with van der Waals surface area (Å²) in [5, 5.41) is 21.0. The third kappa shape index (κ3) is 2.11. The zero-order chi connectivity index (χ0) is 16.8. The van der Waals surface area contributed by atoms with E-state index in [4.69, 9.17) is 15.2 Å². The van der Waals surface area contributed by atoms with Crippen LogP contribution in [0, 0.1) is 0 Å². The number of hydrogen-bond donors (Lipinski definition) is 3. The molecule has 0 aliphatic carbocycles. The van der Waals surface area contributed by atoms with E-state index < -0.39 is 18.4 Å². The molecule has 4 rings (SSSR count). The van der Waals surface area contributed by atoms with Gasteiger partial charge in [0.25, 0.3) is 0 Å². The smallest absolute Gasteiger partial charge is 0.148 e. The number of aliphatic hydroxyl groups excluding tert-OH is 2. The number of rotatable bonds is 3. The first-order valence-corrected chi connectivity index (χ1v) is 7.66. The van der Waals surface area contributed by atoms with Gasteiger partial charge >= 0.3 is 0 Å². The zero-order valence-electron chi connectivity index (χ0n) is 13.1. The minimum atomic E-state index is -0.732. The first-order chi connectivity index (χ1) is 11.6. The molecule has 1 aliphatic heterocycles. The minimum Gasteiger partial charge on any atom is -0.497 e. The molecule has 1 aliphatic rings. The Kier molecular flexibility index (Phi) is 3.52. The van der Waals surface area contributed by atoms with Gasteiger partial charge in [0.1, 0.15) is 35.9 Å². The molecule has 3 aromatic rings. The third-order valence-electron chi connectivity index (χ3n) is 4.49. The van der Waals surface area contributed by atoms with Gasteiger partial charge in [0.05, 0.1) is 30.7 Å². The van der Waals surface area contributed by atoms with E-state index in [0.717, 1.165) is 16.3 Å². The number of nitrogens with two attached hydrogens (primary N) is 1. The highest BCUT2D eigenvalue weighted by molar-refractivity contribution is 6.11. The molecule has 8 nitrogen and oxygen atoms in total. The lowest BCUT2D eigenvalue weighted by molar-refractivity contribution is -0.0417. The van der Waals surface area contributed by atoms with Crippen molar-refractivity contribution in [3.63, 3.8) is 0 Å². The Balaban J connectivity index is 1.98. The molecular formula is C16H18N4O4. The third-order valence-corrected chi connectivity index (χ3v) is 4.49. The molecule has 0 saturated carbocycles. The minimum absolute atomic E-state index is 0.236. The molecule has 8 heteroatoms. The maximum absolute atomic E-state index is 10.1. The fourth-order valence-corrected chi connectivity index (χ4v) is 3.33. The molecule has 126 valence electrons. The van der Waals surface area contributed by atoms with E-state index in [0.29, 0.717) is 23.6 Å². The molecule has 1 aromatic carbocycles. The Labute approximate surface area is 137 Å². The summed E-state index contributed by atoms with van der Waals surface area (Å²) in [7, 11) is 1.60. The quantitative estimate of drug-likeness (QED) is 0.651. The van der Waals surface area contributed by atoms with Gasteiger partial charge in [-0.25, -0.2) is 9.97 Å². The summed E-state index contributed by atoms with van der Waals surface area (Å²) >= 11 is 0. The van der Waals surface area contributed by atoms with Crippen LogP contribution in [-0.2, 0) is 4.74 Å². The Morgan fingerprint density at radius 2 is 2.25 bits per heavy atom. The van der Waals surface area contributed by atoms with Gasteiger partial charge in [0.15, 0.2) is 0 Å². The number of benzene rings is 1. The van der Waals surface area contributed by atoms with E-state index in [1.807, 2.05) is 22.8 Å². The summed E-state index contributed by atoms with van der Waals surface area (Å²) in [6.07, 6.45) is -0.0242. The number of nitrogens with zero attached hydrogens (tertiary/aromatic N) is 3. The standard InChI is InChI=1S/C16H18N4O4/c1-23-8-2-3-10-9(4-8)14-15(17)18-7-19-16(14)20(10)13-5-11(22)12(6-21)24-13/h2-4,7,11-13,21-22H,5-6H2,1H3,(H2,17,18,19)/t11-,12+,13+/m0/s1. The predicted molar refractivity (Wildman–Crippen MR) is 87.6 cm³/mol. The maximum atomic E-state index is 10.1. The number of aliphatic hydroxyl groups is 2. The van der Waals surface area contributed by atoms with Gasteiger partial charge in [-0.2, -0.15) is 0 Å². The van der Waals surface area contributed by atoms with Crippen molar-refractivity contribution in [2.45, 2.75) is 24.9 Å². The molecule has 0 radical (unpaired) electrons. The molecule has 3 atom stereocenters. The first-order valence-electron chi connectivity index (χ1n) is 7.66. The summed E-state index contributed by atoms with van der Waals surface area (Å²) in [5.41, 5.74) is 7.55. The number of hydrogen-bond acceptors (Lipinski definition) is 7. The summed E-state index contributed by atoms with van der Waals surface area (Å²) in [6.45, 7) is -0.236. The first kappa shape index (κ1) is 15.1. The van der Waals surface area contributed by atoms with Gasteiger partial charge in [-0.05, 0) is 18.2 Å². The van der Waals surface area contributed by atoms with Crippen LogP contribution in [0.2, 0.25) is 0 Å². The summed E-state index contributed by atoms with van der Waals surface area (Å²) in [5.74, 6) is 1.07. The van der Waals surface area contributed by atoms with Gasteiger partial charge in [-0.15, -0.1) is 0 Å². The van der Waals surface area contributed by atoms with Crippen molar-refractivity contribution < 1.29 is 19.7 Å². The molecule has 24 heavy (non-hydrogen) atoms. The van der Waals surface area contributed by atoms with Crippen LogP contribution >= 0.6 is 0 Å². The molecule has 0 amide bonds. The van der Waals surface area contributed by atoms with Crippen LogP contribution in [-0.4, -0.2) is 50.7 Å². The van der Waals surface area contributed by atoms with Crippen molar-refractivity contribution in [2.75, 3.05) is 19.5 Å². The molecule has 0 spiro atoms. The second kappa shape index (κ2) is 5.59. The molecule has 1 fully saturated rings. The van der Waals surface area contributed by atoms with Crippen molar-refractivity contribution in [3.8, 4) is 5.75 Å². The summed E-state index contributed by atoms with van der Waals surface area (Å²) in [6, 6.07) is 5.62. The average molecular weight is 330 g/mol. The highest BCUT2D eigenvalue weighted by Crippen LogP contribution is 2.39. The largest absolute Gasteiger partial charge is 0.497 e. The van der Waals surface area contributed by atoms with Crippen molar-refractivity contribution in [2.24, 2.45) is 0 Å². The highest BCUT2D eigenvalue weighted by atomic mass is 16.5. The Morgan fingerprint density at radius 1 is 1.42 bits per heavy atom. The fourth-order valence-electron chi connectivity index (χ4n) is 3.33. The predicted octanol–water partition coefficient (Wildman–Crippen LogP) is 0.816. The van der Waals surface area contributed by atoms with Gasteiger partial charge in [-0.3, -0.25) is 4.57 Å². The van der Waals surface area contributed by atoms with Gasteiger partial charge in [0.2, 0.25) is 0 Å². The highest BCUT2D eigenvalue weighted by Gasteiger charge is 2.36. The lowest BCUT2D eigenvalue weighted by Crippen LogP contribution is -2.24. The van der Waals surface area contributed by atoms with Gasteiger partial charge in [-0.1, -0.05) is 0 Å². The average Bonchev–Trinajstić information content (AvgIpc) is 3.12. The Bertz CT molecular complexity index is 910. The molecule has 3 heterocycles. The van der Waals surface area contributed by atoms with E-state index in [1.165, 1.54) is 6.33 Å². The number of anilines is 1. The number of nitrogen functional groups attached to an aromatic ring is 1. The van der Waals surface area contributed by atoms with E-state index in [9.17, 15) is 10.2 Å². The molecule has 0 unspecified atom stereocenters. The molecule has 2 aromatic heterocycles. The zero-order valence-corrected chi connectivity index (χ0v) is 13.1.